The number of rotatable bonds is 7. The van der Waals surface area contributed by atoms with Gasteiger partial charge in [-0.05, 0) is 35.6 Å². The van der Waals surface area contributed by atoms with E-state index >= 15 is 0 Å². The van der Waals surface area contributed by atoms with E-state index in [1.807, 2.05) is 24.3 Å². The highest BCUT2D eigenvalue weighted by molar-refractivity contribution is 7.09. The minimum absolute atomic E-state index is 0.526. The molecule has 0 aliphatic rings. The number of hydrogen-bond acceptors (Lipinski definition) is 6. The van der Waals surface area contributed by atoms with Crippen LogP contribution in [0.15, 0.2) is 48.1 Å². The number of nitrogens with two attached hydrogens (primary N) is 1. The SMILES string of the molecule is Nc1c(NCCc2cccs2)ncnc1NCc1ccc(Cl)cc1. The molecule has 0 fully saturated rings. The average Bonchev–Trinajstić information content (AvgIpc) is 3.10. The molecule has 0 saturated carbocycles. The smallest absolute Gasteiger partial charge is 0.155 e. The third kappa shape index (κ3) is 4.37. The molecule has 0 bridgehead atoms. The molecule has 0 aliphatic carbocycles. The molecule has 124 valence electrons. The summed E-state index contributed by atoms with van der Waals surface area (Å²) in [7, 11) is 0. The molecule has 0 saturated heterocycles. The van der Waals surface area contributed by atoms with Crippen molar-refractivity contribution in [2.24, 2.45) is 0 Å². The number of thiophene rings is 1. The molecule has 1 aromatic carbocycles. The number of hydrogen-bond donors (Lipinski definition) is 3. The van der Waals surface area contributed by atoms with Crippen LogP contribution in [0.1, 0.15) is 10.4 Å². The Hall–Kier alpha value is -2.31. The zero-order chi connectivity index (χ0) is 16.8. The monoisotopic (exact) mass is 359 g/mol. The standard InChI is InChI=1S/C17H18ClN5S/c18-13-5-3-12(4-6-13)10-21-17-15(19)16(22-11-23-17)20-8-7-14-2-1-9-24-14/h1-6,9,11H,7-8,10,19H2,(H2,20,21,22,23). The van der Waals surface area contributed by atoms with E-state index in [1.54, 1.807) is 11.3 Å². The van der Waals surface area contributed by atoms with E-state index in [0.717, 1.165) is 23.6 Å². The molecular weight excluding hydrogens is 342 g/mol. The Kier molecular flexibility index (Phi) is 5.51. The number of aromatic nitrogens is 2. The van der Waals surface area contributed by atoms with Gasteiger partial charge in [0.15, 0.2) is 11.6 Å². The van der Waals surface area contributed by atoms with E-state index < -0.39 is 0 Å². The molecule has 7 heteroatoms. The zero-order valence-corrected chi connectivity index (χ0v) is 14.6. The second-order valence-electron chi connectivity index (χ2n) is 5.22. The van der Waals surface area contributed by atoms with E-state index in [1.165, 1.54) is 11.2 Å². The summed E-state index contributed by atoms with van der Waals surface area (Å²) in [5.41, 5.74) is 7.79. The quantitative estimate of drug-likeness (QED) is 0.593. The van der Waals surface area contributed by atoms with Crippen molar-refractivity contribution in [1.29, 1.82) is 0 Å². The number of nitrogens with one attached hydrogen (secondary N) is 2. The van der Waals surface area contributed by atoms with Gasteiger partial charge in [-0.15, -0.1) is 11.3 Å². The Morgan fingerprint density at radius 3 is 2.50 bits per heavy atom. The van der Waals surface area contributed by atoms with E-state index in [-0.39, 0.29) is 0 Å². The van der Waals surface area contributed by atoms with Crippen molar-refractivity contribution in [2.45, 2.75) is 13.0 Å². The first-order chi connectivity index (χ1) is 11.7. The highest BCUT2D eigenvalue weighted by Gasteiger charge is 2.07. The Bertz CT molecular complexity index is 774. The lowest BCUT2D eigenvalue weighted by Gasteiger charge is -2.12. The second-order valence-corrected chi connectivity index (χ2v) is 6.69. The molecule has 2 heterocycles. The fourth-order valence-corrected chi connectivity index (χ4v) is 3.06. The van der Waals surface area contributed by atoms with Crippen LogP contribution in [0.4, 0.5) is 17.3 Å². The van der Waals surface area contributed by atoms with E-state index in [4.69, 9.17) is 17.3 Å². The summed E-state index contributed by atoms with van der Waals surface area (Å²) in [6.45, 7) is 1.39. The average molecular weight is 360 g/mol. The maximum absolute atomic E-state index is 6.16. The predicted octanol–water partition coefficient (Wildman–Crippen LogP) is 4.04. The molecule has 0 aliphatic heterocycles. The van der Waals surface area contributed by atoms with Crippen LogP contribution in [-0.2, 0) is 13.0 Å². The van der Waals surface area contributed by atoms with E-state index in [9.17, 15) is 0 Å². The normalized spacial score (nSPS) is 10.5. The van der Waals surface area contributed by atoms with Crippen LogP contribution in [0.2, 0.25) is 5.02 Å². The van der Waals surface area contributed by atoms with Crippen molar-refractivity contribution in [3.63, 3.8) is 0 Å². The van der Waals surface area contributed by atoms with Crippen LogP contribution in [0.25, 0.3) is 0 Å². The summed E-state index contributed by atoms with van der Waals surface area (Å²) in [6, 6.07) is 11.8. The predicted molar refractivity (Wildman–Crippen MR) is 102 cm³/mol. The molecule has 24 heavy (non-hydrogen) atoms. The number of halogens is 1. The van der Waals surface area contributed by atoms with Crippen molar-refractivity contribution in [2.75, 3.05) is 22.9 Å². The molecule has 0 unspecified atom stereocenters. The third-order valence-corrected chi connectivity index (χ3v) is 4.69. The molecule has 3 aromatic rings. The van der Waals surface area contributed by atoms with Crippen LogP contribution in [0, 0.1) is 0 Å². The molecule has 0 spiro atoms. The maximum atomic E-state index is 6.16. The minimum atomic E-state index is 0.526. The number of anilines is 3. The van der Waals surface area contributed by atoms with Crippen LogP contribution in [0.3, 0.4) is 0 Å². The first-order valence-corrected chi connectivity index (χ1v) is 8.83. The van der Waals surface area contributed by atoms with Gasteiger partial charge in [0.05, 0.1) is 0 Å². The lowest BCUT2D eigenvalue weighted by Crippen LogP contribution is -2.11. The van der Waals surface area contributed by atoms with Crippen molar-refractivity contribution in [3.8, 4) is 0 Å². The fraction of sp³-hybridized carbons (Fsp3) is 0.176. The van der Waals surface area contributed by atoms with Gasteiger partial charge < -0.3 is 16.4 Å². The summed E-state index contributed by atoms with van der Waals surface area (Å²) in [5.74, 6) is 1.28. The van der Waals surface area contributed by atoms with Crippen molar-refractivity contribution in [1.82, 2.24) is 9.97 Å². The van der Waals surface area contributed by atoms with Gasteiger partial charge in [0.2, 0.25) is 0 Å². The Labute approximate surface area is 149 Å². The van der Waals surface area contributed by atoms with E-state index in [2.05, 4.69) is 38.1 Å². The first kappa shape index (κ1) is 16.5. The summed E-state index contributed by atoms with van der Waals surface area (Å²) in [6.07, 6.45) is 2.45. The highest BCUT2D eigenvalue weighted by Crippen LogP contribution is 2.23. The summed E-state index contributed by atoms with van der Waals surface area (Å²) >= 11 is 7.64. The number of nitrogens with zero attached hydrogens (tertiary/aromatic N) is 2. The van der Waals surface area contributed by atoms with Gasteiger partial charge in [0, 0.05) is 23.0 Å². The van der Waals surface area contributed by atoms with Gasteiger partial charge in [-0.1, -0.05) is 29.8 Å². The van der Waals surface area contributed by atoms with Crippen molar-refractivity contribution < 1.29 is 0 Å². The molecule has 0 atom stereocenters. The summed E-state index contributed by atoms with van der Waals surface area (Å²) < 4.78 is 0. The Morgan fingerprint density at radius 1 is 1.04 bits per heavy atom. The summed E-state index contributed by atoms with van der Waals surface area (Å²) in [5, 5.41) is 9.30. The van der Waals surface area contributed by atoms with Gasteiger partial charge in [0.25, 0.3) is 0 Å². The lowest BCUT2D eigenvalue weighted by atomic mass is 10.2. The second kappa shape index (κ2) is 7.99. The molecule has 0 radical (unpaired) electrons. The van der Waals surface area contributed by atoms with Gasteiger partial charge in [-0.25, -0.2) is 9.97 Å². The zero-order valence-electron chi connectivity index (χ0n) is 13.0. The number of nitrogen functional groups attached to an aromatic ring is 1. The fourth-order valence-electron chi connectivity index (χ4n) is 2.22. The molecular formula is C17H18ClN5S. The van der Waals surface area contributed by atoms with Crippen LogP contribution in [0.5, 0.6) is 0 Å². The Balaban J connectivity index is 1.59. The maximum Gasteiger partial charge on any atom is 0.155 e. The molecule has 0 amide bonds. The van der Waals surface area contributed by atoms with Crippen molar-refractivity contribution in [3.05, 3.63) is 63.6 Å². The molecule has 5 nitrogen and oxygen atoms in total. The summed E-state index contributed by atoms with van der Waals surface area (Å²) in [4.78, 5) is 9.77. The van der Waals surface area contributed by atoms with Crippen LogP contribution < -0.4 is 16.4 Å². The molecule has 2 aromatic heterocycles. The number of benzene rings is 1. The van der Waals surface area contributed by atoms with Crippen LogP contribution >= 0.6 is 22.9 Å². The van der Waals surface area contributed by atoms with Crippen molar-refractivity contribution >= 4 is 40.3 Å². The van der Waals surface area contributed by atoms with Gasteiger partial charge in [0.1, 0.15) is 12.0 Å². The first-order valence-electron chi connectivity index (χ1n) is 7.57. The van der Waals surface area contributed by atoms with Gasteiger partial charge in [-0.3, -0.25) is 0 Å². The molecule has 4 N–H and O–H groups in total. The van der Waals surface area contributed by atoms with Gasteiger partial charge in [-0.2, -0.15) is 0 Å². The topological polar surface area (TPSA) is 75.9 Å². The van der Waals surface area contributed by atoms with Gasteiger partial charge >= 0.3 is 0 Å². The minimum Gasteiger partial charge on any atom is -0.393 e. The molecule has 3 rings (SSSR count). The Morgan fingerprint density at radius 2 is 1.79 bits per heavy atom. The third-order valence-electron chi connectivity index (χ3n) is 3.50. The van der Waals surface area contributed by atoms with E-state index in [0.29, 0.717) is 23.9 Å². The largest absolute Gasteiger partial charge is 0.393 e. The highest BCUT2D eigenvalue weighted by atomic mass is 35.5. The lowest BCUT2D eigenvalue weighted by molar-refractivity contribution is 1.01. The van der Waals surface area contributed by atoms with Crippen LogP contribution in [-0.4, -0.2) is 16.5 Å².